The van der Waals surface area contributed by atoms with Crippen molar-refractivity contribution < 1.29 is 4.74 Å². The minimum atomic E-state index is 0.638. The zero-order valence-electron chi connectivity index (χ0n) is 11.1. The lowest BCUT2D eigenvalue weighted by atomic mass is 10.0. The maximum absolute atomic E-state index is 5.64. The van der Waals surface area contributed by atoms with Crippen molar-refractivity contribution in [2.75, 3.05) is 6.61 Å². The van der Waals surface area contributed by atoms with Crippen molar-refractivity contribution in [2.24, 2.45) is 0 Å². The molecule has 1 rings (SSSR count). The maximum Gasteiger partial charge on any atom is 0.0721 e. The number of hydrogen-bond donors (Lipinski definition) is 0. The van der Waals surface area contributed by atoms with Crippen LogP contribution in [0.2, 0.25) is 0 Å². The van der Waals surface area contributed by atoms with Gasteiger partial charge in [-0.25, -0.2) is 0 Å². The van der Waals surface area contributed by atoms with Gasteiger partial charge < -0.3 is 4.74 Å². The molecule has 0 atom stereocenters. The summed E-state index contributed by atoms with van der Waals surface area (Å²) >= 11 is 0. The Bertz CT molecular complexity index is 383. The zero-order valence-corrected chi connectivity index (χ0v) is 11.1. The van der Waals surface area contributed by atoms with E-state index in [1.165, 1.54) is 16.7 Å². The first-order valence-corrected chi connectivity index (χ1v) is 6.01. The number of rotatable bonds is 6. The summed E-state index contributed by atoms with van der Waals surface area (Å²) in [7, 11) is 0. The first kappa shape index (κ1) is 13.7. The van der Waals surface area contributed by atoms with Crippen molar-refractivity contribution in [1.82, 2.24) is 0 Å². The third kappa shape index (κ3) is 5.50. The molecule has 0 spiro atoms. The van der Waals surface area contributed by atoms with Crippen LogP contribution < -0.4 is 0 Å². The van der Waals surface area contributed by atoms with E-state index in [1.807, 2.05) is 18.2 Å². The van der Waals surface area contributed by atoms with Crippen LogP contribution in [0.1, 0.15) is 32.8 Å². The van der Waals surface area contributed by atoms with Crippen LogP contribution in [0.5, 0.6) is 0 Å². The smallest absolute Gasteiger partial charge is 0.0721 e. The standard InChI is InChI=1S/C16H22O/c1-13(2)15(4)10-14(3)11-17-12-16-8-6-5-7-9-16/h5-9H,3,10-12H2,1-2,4H3. The summed E-state index contributed by atoms with van der Waals surface area (Å²) in [4.78, 5) is 0. The summed E-state index contributed by atoms with van der Waals surface area (Å²) in [5, 5.41) is 0. The van der Waals surface area contributed by atoms with Gasteiger partial charge >= 0.3 is 0 Å². The molecule has 0 radical (unpaired) electrons. The number of hydrogen-bond acceptors (Lipinski definition) is 1. The average Bonchev–Trinajstić information content (AvgIpc) is 2.30. The van der Waals surface area contributed by atoms with Gasteiger partial charge in [-0.05, 0) is 38.3 Å². The lowest BCUT2D eigenvalue weighted by Crippen LogP contribution is -1.99. The molecule has 0 saturated heterocycles. The highest BCUT2D eigenvalue weighted by atomic mass is 16.5. The van der Waals surface area contributed by atoms with Crippen molar-refractivity contribution in [3.8, 4) is 0 Å². The van der Waals surface area contributed by atoms with Crippen LogP contribution >= 0.6 is 0 Å². The van der Waals surface area contributed by atoms with Gasteiger partial charge in [0.2, 0.25) is 0 Å². The second-order valence-corrected chi connectivity index (χ2v) is 4.69. The molecule has 1 aromatic rings. The molecule has 0 saturated carbocycles. The van der Waals surface area contributed by atoms with Gasteiger partial charge in [-0.1, -0.05) is 48.1 Å². The topological polar surface area (TPSA) is 9.23 Å². The first-order chi connectivity index (χ1) is 8.09. The lowest BCUT2D eigenvalue weighted by molar-refractivity contribution is 0.141. The fourth-order valence-corrected chi connectivity index (χ4v) is 1.49. The van der Waals surface area contributed by atoms with Crippen LogP contribution in [0.3, 0.4) is 0 Å². The van der Waals surface area contributed by atoms with Crippen LogP contribution in [0.15, 0.2) is 53.6 Å². The fourth-order valence-electron chi connectivity index (χ4n) is 1.49. The lowest BCUT2D eigenvalue weighted by Gasteiger charge is -2.09. The zero-order chi connectivity index (χ0) is 12.7. The quantitative estimate of drug-likeness (QED) is 0.653. The van der Waals surface area contributed by atoms with Crippen LogP contribution in [0.4, 0.5) is 0 Å². The van der Waals surface area contributed by atoms with Gasteiger partial charge in [0.25, 0.3) is 0 Å². The highest BCUT2D eigenvalue weighted by Gasteiger charge is 1.99. The number of ether oxygens (including phenoxy) is 1. The number of benzene rings is 1. The van der Waals surface area contributed by atoms with Gasteiger partial charge in [0.1, 0.15) is 0 Å². The van der Waals surface area contributed by atoms with E-state index >= 15 is 0 Å². The Morgan fingerprint density at radius 3 is 2.35 bits per heavy atom. The molecule has 17 heavy (non-hydrogen) atoms. The molecule has 92 valence electrons. The number of allylic oxidation sites excluding steroid dienone is 2. The van der Waals surface area contributed by atoms with Gasteiger partial charge in [-0.2, -0.15) is 0 Å². The van der Waals surface area contributed by atoms with Gasteiger partial charge in [0.15, 0.2) is 0 Å². The predicted molar refractivity (Wildman–Crippen MR) is 73.9 cm³/mol. The van der Waals surface area contributed by atoms with Crippen molar-refractivity contribution in [3.63, 3.8) is 0 Å². The summed E-state index contributed by atoms with van der Waals surface area (Å²) in [6, 6.07) is 10.2. The van der Waals surface area contributed by atoms with E-state index in [-0.39, 0.29) is 0 Å². The first-order valence-electron chi connectivity index (χ1n) is 6.01. The summed E-state index contributed by atoms with van der Waals surface area (Å²) in [5.74, 6) is 0. The van der Waals surface area contributed by atoms with Crippen molar-refractivity contribution in [1.29, 1.82) is 0 Å². The molecule has 0 heterocycles. The molecule has 1 heteroatoms. The normalized spacial score (nSPS) is 10.1. The summed E-state index contributed by atoms with van der Waals surface area (Å²) in [6.07, 6.45) is 0.942. The largest absolute Gasteiger partial charge is 0.372 e. The predicted octanol–water partition coefficient (Wildman–Crippen LogP) is 4.51. The molecule has 0 aliphatic heterocycles. The van der Waals surface area contributed by atoms with E-state index in [0.29, 0.717) is 13.2 Å². The molecule has 1 nitrogen and oxygen atoms in total. The van der Waals surface area contributed by atoms with Gasteiger partial charge in [-0.3, -0.25) is 0 Å². The van der Waals surface area contributed by atoms with Crippen molar-refractivity contribution in [2.45, 2.75) is 33.8 Å². The second kappa shape index (κ2) is 7.08. The molecule has 0 amide bonds. The Balaban J connectivity index is 2.28. The van der Waals surface area contributed by atoms with Gasteiger partial charge in [0.05, 0.1) is 13.2 Å². The van der Waals surface area contributed by atoms with Crippen LogP contribution in [0, 0.1) is 0 Å². The van der Waals surface area contributed by atoms with E-state index in [4.69, 9.17) is 4.74 Å². The molecular weight excluding hydrogens is 208 g/mol. The summed E-state index contributed by atoms with van der Waals surface area (Å²) < 4.78 is 5.64. The molecule has 0 bridgehead atoms. The fraction of sp³-hybridized carbons (Fsp3) is 0.375. The SMILES string of the molecule is C=C(COCc1ccccc1)CC(C)=C(C)C. The van der Waals surface area contributed by atoms with Crippen molar-refractivity contribution in [3.05, 3.63) is 59.2 Å². The van der Waals surface area contributed by atoms with Crippen LogP contribution in [-0.2, 0) is 11.3 Å². The van der Waals surface area contributed by atoms with Crippen molar-refractivity contribution >= 4 is 0 Å². The Labute approximate surface area is 105 Å². The molecule has 0 N–H and O–H groups in total. The minimum Gasteiger partial charge on any atom is -0.372 e. The average molecular weight is 230 g/mol. The van der Waals surface area contributed by atoms with E-state index < -0.39 is 0 Å². The molecule has 0 unspecified atom stereocenters. The Hall–Kier alpha value is -1.34. The molecule has 0 aromatic heterocycles. The van der Waals surface area contributed by atoms with E-state index in [9.17, 15) is 0 Å². The van der Waals surface area contributed by atoms with E-state index in [0.717, 1.165) is 12.0 Å². The summed E-state index contributed by atoms with van der Waals surface area (Å²) in [6.45, 7) is 11.8. The maximum atomic E-state index is 5.64. The molecule has 1 aromatic carbocycles. The molecule has 0 aliphatic rings. The Kier molecular flexibility index (Phi) is 5.71. The van der Waals surface area contributed by atoms with Crippen LogP contribution in [0.25, 0.3) is 0 Å². The molecular formula is C16H22O. The van der Waals surface area contributed by atoms with E-state index in [1.54, 1.807) is 0 Å². The van der Waals surface area contributed by atoms with Gasteiger partial charge in [-0.15, -0.1) is 0 Å². The second-order valence-electron chi connectivity index (χ2n) is 4.69. The Morgan fingerprint density at radius 1 is 1.12 bits per heavy atom. The third-order valence-electron chi connectivity index (χ3n) is 2.79. The third-order valence-corrected chi connectivity index (χ3v) is 2.79. The monoisotopic (exact) mass is 230 g/mol. The molecule has 0 fully saturated rings. The summed E-state index contributed by atoms with van der Waals surface area (Å²) in [5.41, 5.74) is 5.10. The Morgan fingerprint density at radius 2 is 1.76 bits per heavy atom. The highest BCUT2D eigenvalue weighted by molar-refractivity contribution is 5.16. The molecule has 0 aliphatic carbocycles. The van der Waals surface area contributed by atoms with Crippen LogP contribution in [-0.4, -0.2) is 6.61 Å². The minimum absolute atomic E-state index is 0.638. The van der Waals surface area contributed by atoms with Gasteiger partial charge in [0, 0.05) is 0 Å². The van der Waals surface area contributed by atoms with E-state index in [2.05, 4.69) is 39.5 Å². The highest BCUT2D eigenvalue weighted by Crippen LogP contribution is 2.13.